The van der Waals surface area contributed by atoms with Gasteiger partial charge in [0.15, 0.2) is 19.0 Å². The molecule has 2 aromatic carbocycles. The van der Waals surface area contributed by atoms with Crippen molar-refractivity contribution in [3.8, 4) is 17.2 Å². The minimum atomic E-state index is -0.569. The van der Waals surface area contributed by atoms with Crippen molar-refractivity contribution < 1.29 is 23.5 Å². The lowest BCUT2D eigenvalue weighted by Gasteiger charge is -2.06. The summed E-state index contributed by atoms with van der Waals surface area (Å²) in [5, 5.41) is 7.76. The summed E-state index contributed by atoms with van der Waals surface area (Å²) in [4.78, 5) is 23.0. The van der Waals surface area contributed by atoms with E-state index in [-0.39, 0.29) is 24.9 Å². The summed E-state index contributed by atoms with van der Waals surface area (Å²) in [7, 11) is 0. The van der Waals surface area contributed by atoms with Crippen molar-refractivity contribution in [2.75, 3.05) is 6.61 Å². The van der Waals surface area contributed by atoms with Crippen LogP contribution in [0.4, 0.5) is 0 Å². The van der Waals surface area contributed by atoms with E-state index >= 15 is 0 Å². The molecule has 0 radical (unpaired) electrons. The lowest BCUT2D eigenvalue weighted by molar-refractivity contribution is -0.148. The first-order valence-corrected chi connectivity index (χ1v) is 7.89. The van der Waals surface area contributed by atoms with Crippen LogP contribution >= 0.6 is 0 Å². The Labute approximate surface area is 149 Å². The SMILES string of the molecule is CC(=O)c1ccc(OCC(=O)OCc2nnc(-c3ccccc3)o2)cc1. The summed E-state index contributed by atoms with van der Waals surface area (Å²) in [6.07, 6.45) is 0. The van der Waals surface area contributed by atoms with Gasteiger partial charge in [0, 0.05) is 11.1 Å². The second-order valence-corrected chi connectivity index (χ2v) is 5.40. The molecule has 7 nitrogen and oxygen atoms in total. The van der Waals surface area contributed by atoms with Gasteiger partial charge in [-0.05, 0) is 43.3 Å². The Hall–Kier alpha value is -3.48. The van der Waals surface area contributed by atoms with Gasteiger partial charge in [-0.2, -0.15) is 0 Å². The molecule has 26 heavy (non-hydrogen) atoms. The van der Waals surface area contributed by atoms with Crippen LogP contribution in [0.2, 0.25) is 0 Å². The van der Waals surface area contributed by atoms with E-state index in [0.717, 1.165) is 5.56 Å². The first-order chi connectivity index (χ1) is 12.6. The lowest BCUT2D eigenvalue weighted by atomic mass is 10.1. The van der Waals surface area contributed by atoms with Crippen molar-refractivity contribution in [3.05, 3.63) is 66.1 Å². The summed E-state index contributed by atoms with van der Waals surface area (Å²) >= 11 is 0. The molecule has 1 heterocycles. The minimum Gasteiger partial charge on any atom is -0.482 e. The molecule has 0 aliphatic carbocycles. The average Bonchev–Trinajstić information content (AvgIpc) is 3.15. The van der Waals surface area contributed by atoms with Crippen LogP contribution in [0.15, 0.2) is 59.0 Å². The molecule has 0 N–H and O–H groups in total. The summed E-state index contributed by atoms with van der Waals surface area (Å²) in [6.45, 7) is 1.08. The Morgan fingerprint density at radius 2 is 1.73 bits per heavy atom. The molecule has 0 bridgehead atoms. The quantitative estimate of drug-likeness (QED) is 0.476. The van der Waals surface area contributed by atoms with Gasteiger partial charge in [-0.25, -0.2) is 4.79 Å². The number of hydrogen-bond donors (Lipinski definition) is 0. The molecule has 0 unspecified atom stereocenters. The molecular weight excluding hydrogens is 336 g/mol. The van der Waals surface area contributed by atoms with Crippen LogP contribution in [-0.4, -0.2) is 28.6 Å². The van der Waals surface area contributed by atoms with Gasteiger partial charge >= 0.3 is 5.97 Å². The molecule has 3 aromatic rings. The fourth-order valence-corrected chi connectivity index (χ4v) is 2.12. The predicted molar refractivity (Wildman–Crippen MR) is 91.5 cm³/mol. The minimum absolute atomic E-state index is 0.0367. The number of ether oxygens (including phenoxy) is 2. The number of Topliss-reactive ketones (excluding diaryl/α,β-unsaturated/α-hetero) is 1. The van der Waals surface area contributed by atoms with Gasteiger partial charge in [0.05, 0.1) is 0 Å². The second-order valence-electron chi connectivity index (χ2n) is 5.40. The number of aromatic nitrogens is 2. The van der Waals surface area contributed by atoms with Crippen molar-refractivity contribution in [3.63, 3.8) is 0 Å². The van der Waals surface area contributed by atoms with Crippen LogP contribution in [0.1, 0.15) is 23.2 Å². The van der Waals surface area contributed by atoms with Crippen molar-refractivity contribution in [2.45, 2.75) is 13.5 Å². The van der Waals surface area contributed by atoms with E-state index in [1.165, 1.54) is 6.92 Å². The fourth-order valence-electron chi connectivity index (χ4n) is 2.12. The third-order valence-corrected chi connectivity index (χ3v) is 3.46. The Morgan fingerprint density at radius 3 is 2.42 bits per heavy atom. The largest absolute Gasteiger partial charge is 0.482 e. The zero-order valence-corrected chi connectivity index (χ0v) is 14.0. The zero-order valence-electron chi connectivity index (χ0n) is 14.0. The predicted octanol–water partition coefficient (Wildman–Crippen LogP) is 3.06. The molecular formula is C19H16N2O5. The molecule has 7 heteroatoms. The first-order valence-electron chi connectivity index (χ1n) is 7.89. The maximum absolute atomic E-state index is 11.8. The third-order valence-electron chi connectivity index (χ3n) is 3.46. The Balaban J connectivity index is 1.47. The standard InChI is InChI=1S/C19H16N2O5/c1-13(22)14-7-9-16(10-8-14)24-12-18(23)25-11-17-20-21-19(26-17)15-5-3-2-4-6-15/h2-10H,11-12H2,1H3. The molecule has 0 aliphatic rings. The van der Waals surface area contributed by atoms with E-state index < -0.39 is 5.97 Å². The van der Waals surface area contributed by atoms with Crippen molar-refractivity contribution in [1.29, 1.82) is 0 Å². The van der Waals surface area contributed by atoms with E-state index in [9.17, 15) is 9.59 Å². The van der Waals surface area contributed by atoms with Crippen LogP contribution in [0.3, 0.4) is 0 Å². The number of ketones is 1. The zero-order chi connectivity index (χ0) is 18.4. The monoisotopic (exact) mass is 352 g/mol. The number of carbonyl (C=O) groups excluding carboxylic acids is 2. The normalized spacial score (nSPS) is 10.3. The number of carbonyl (C=O) groups is 2. The Kier molecular flexibility index (Phi) is 5.38. The summed E-state index contributed by atoms with van der Waals surface area (Å²) in [6, 6.07) is 15.8. The Morgan fingerprint density at radius 1 is 1.00 bits per heavy atom. The van der Waals surface area contributed by atoms with Crippen LogP contribution in [0.25, 0.3) is 11.5 Å². The summed E-state index contributed by atoms with van der Waals surface area (Å²) in [5.41, 5.74) is 1.36. The van der Waals surface area contributed by atoms with E-state index in [1.54, 1.807) is 24.3 Å². The van der Waals surface area contributed by atoms with Gasteiger partial charge in [-0.3, -0.25) is 4.79 Å². The van der Waals surface area contributed by atoms with Crippen molar-refractivity contribution >= 4 is 11.8 Å². The van der Waals surface area contributed by atoms with Crippen LogP contribution < -0.4 is 4.74 Å². The topological polar surface area (TPSA) is 91.5 Å². The summed E-state index contributed by atoms with van der Waals surface area (Å²) in [5.74, 6) is 0.420. The maximum atomic E-state index is 11.8. The first kappa shape index (κ1) is 17.3. The van der Waals surface area contributed by atoms with Crippen molar-refractivity contribution in [2.24, 2.45) is 0 Å². The van der Waals surface area contributed by atoms with E-state index in [0.29, 0.717) is 17.2 Å². The molecule has 0 atom stereocenters. The van der Waals surface area contributed by atoms with Crippen molar-refractivity contribution in [1.82, 2.24) is 10.2 Å². The smallest absolute Gasteiger partial charge is 0.344 e. The van der Waals surface area contributed by atoms with Gasteiger partial charge in [0.25, 0.3) is 5.89 Å². The average molecular weight is 352 g/mol. The number of nitrogens with zero attached hydrogens (tertiary/aromatic N) is 2. The Bertz CT molecular complexity index is 888. The molecule has 0 fully saturated rings. The van der Waals surface area contributed by atoms with Crippen LogP contribution in [-0.2, 0) is 16.1 Å². The highest BCUT2D eigenvalue weighted by molar-refractivity contribution is 5.94. The molecule has 0 amide bonds. The molecule has 0 aliphatic heterocycles. The highest BCUT2D eigenvalue weighted by Crippen LogP contribution is 2.17. The molecule has 3 rings (SSSR count). The third kappa shape index (κ3) is 4.54. The highest BCUT2D eigenvalue weighted by Gasteiger charge is 2.11. The number of rotatable bonds is 7. The molecule has 0 saturated heterocycles. The van der Waals surface area contributed by atoms with Gasteiger partial charge in [0.2, 0.25) is 5.89 Å². The van der Waals surface area contributed by atoms with Gasteiger partial charge in [-0.15, -0.1) is 10.2 Å². The lowest BCUT2D eigenvalue weighted by Crippen LogP contribution is -2.14. The molecule has 0 saturated carbocycles. The van der Waals surface area contributed by atoms with E-state index in [2.05, 4.69) is 10.2 Å². The fraction of sp³-hybridized carbons (Fsp3) is 0.158. The molecule has 132 valence electrons. The van der Waals surface area contributed by atoms with E-state index in [1.807, 2.05) is 30.3 Å². The highest BCUT2D eigenvalue weighted by atomic mass is 16.6. The second kappa shape index (κ2) is 8.06. The number of esters is 1. The van der Waals surface area contributed by atoms with Gasteiger partial charge in [0.1, 0.15) is 5.75 Å². The van der Waals surface area contributed by atoms with Crippen LogP contribution in [0.5, 0.6) is 5.75 Å². The van der Waals surface area contributed by atoms with Gasteiger partial charge in [-0.1, -0.05) is 18.2 Å². The van der Waals surface area contributed by atoms with Crippen LogP contribution in [0, 0.1) is 0 Å². The summed E-state index contributed by atoms with van der Waals surface area (Å²) < 4.78 is 15.8. The van der Waals surface area contributed by atoms with E-state index in [4.69, 9.17) is 13.9 Å². The molecule has 1 aromatic heterocycles. The van der Waals surface area contributed by atoms with Gasteiger partial charge < -0.3 is 13.9 Å². The molecule has 0 spiro atoms. The number of benzene rings is 2. The maximum Gasteiger partial charge on any atom is 0.344 e. The number of hydrogen-bond acceptors (Lipinski definition) is 7.